The molecule has 1 aromatic carbocycles. The van der Waals surface area contributed by atoms with Gasteiger partial charge in [0.25, 0.3) is 5.69 Å². The first-order chi connectivity index (χ1) is 9.72. The quantitative estimate of drug-likeness (QED) is 0.630. The first kappa shape index (κ1) is 15.5. The predicted octanol–water partition coefficient (Wildman–Crippen LogP) is 3.66. The van der Waals surface area contributed by atoms with Gasteiger partial charge in [-0.3, -0.25) is 14.9 Å². The van der Waals surface area contributed by atoms with Crippen LogP contribution < -0.4 is 4.90 Å². The highest BCUT2D eigenvalue weighted by Crippen LogP contribution is 2.41. The van der Waals surface area contributed by atoms with E-state index in [1.54, 1.807) is 17.0 Å². The number of rotatable bonds is 3. The Balaban J connectivity index is 2.61. The van der Waals surface area contributed by atoms with Gasteiger partial charge >= 0.3 is 0 Å². The van der Waals surface area contributed by atoms with Crippen molar-refractivity contribution in [3.63, 3.8) is 0 Å². The second kappa shape index (κ2) is 5.47. The van der Waals surface area contributed by atoms with Gasteiger partial charge in [-0.2, -0.15) is 0 Å². The highest BCUT2D eigenvalue weighted by atomic mass is 16.6. The van der Waals surface area contributed by atoms with Gasteiger partial charge in [0.1, 0.15) is 0 Å². The third-order valence-electron chi connectivity index (χ3n) is 4.02. The van der Waals surface area contributed by atoms with Crippen molar-refractivity contribution >= 4 is 17.3 Å². The molecule has 0 radical (unpaired) electrons. The van der Waals surface area contributed by atoms with E-state index in [1.807, 2.05) is 13.8 Å². The molecule has 5 nitrogen and oxygen atoms in total. The van der Waals surface area contributed by atoms with Crippen molar-refractivity contribution in [2.45, 2.75) is 46.0 Å². The second-order valence-corrected chi connectivity index (χ2v) is 6.74. The van der Waals surface area contributed by atoms with E-state index in [1.165, 1.54) is 6.07 Å². The van der Waals surface area contributed by atoms with Crippen LogP contribution in [0, 0.1) is 16.0 Å². The molecule has 1 aliphatic heterocycles. The van der Waals surface area contributed by atoms with Gasteiger partial charge in [0, 0.05) is 25.1 Å². The van der Waals surface area contributed by atoms with Gasteiger partial charge in [0.2, 0.25) is 5.91 Å². The number of amides is 1. The van der Waals surface area contributed by atoms with Gasteiger partial charge in [-0.25, -0.2) is 0 Å². The Morgan fingerprint density at radius 2 is 2.05 bits per heavy atom. The maximum Gasteiger partial charge on any atom is 0.271 e. The summed E-state index contributed by atoms with van der Waals surface area (Å²) in [6.45, 7) is 8.84. The molecule has 0 aromatic heterocycles. The van der Waals surface area contributed by atoms with E-state index in [4.69, 9.17) is 0 Å². The third kappa shape index (κ3) is 3.06. The van der Waals surface area contributed by atoms with Gasteiger partial charge in [0.15, 0.2) is 0 Å². The summed E-state index contributed by atoms with van der Waals surface area (Å²) < 4.78 is 0. The summed E-state index contributed by atoms with van der Waals surface area (Å²) in [5.74, 6) is 0.360. The molecule has 1 heterocycles. The number of hydrogen-bond acceptors (Lipinski definition) is 3. The third-order valence-corrected chi connectivity index (χ3v) is 4.02. The highest BCUT2D eigenvalue weighted by Gasteiger charge is 2.34. The van der Waals surface area contributed by atoms with Crippen LogP contribution >= 0.6 is 0 Å². The average Bonchev–Trinajstić information content (AvgIpc) is 2.49. The van der Waals surface area contributed by atoms with Crippen LogP contribution in [0.1, 0.15) is 46.1 Å². The molecule has 0 N–H and O–H groups in total. The van der Waals surface area contributed by atoms with E-state index in [2.05, 4.69) is 13.8 Å². The minimum atomic E-state index is -0.407. The lowest BCUT2D eigenvalue weighted by Crippen LogP contribution is -2.33. The molecule has 0 spiro atoms. The van der Waals surface area contributed by atoms with Gasteiger partial charge in [-0.05, 0) is 29.4 Å². The van der Waals surface area contributed by atoms with E-state index >= 15 is 0 Å². The highest BCUT2D eigenvalue weighted by molar-refractivity contribution is 5.95. The molecule has 0 fully saturated rings. The summed E-state index contributed by atoms with van der Waals surface area (Å²) >= 11 is 0. The van der Waals surface area contributed by atoms with Gasteiger partial charge in [-0.15, -0.1) is 0 Å². The Bertz CT molecular complexity index is 579. The molecule has 1 aromatic rings. The monoisotopic (exact) mass is 290 g/mol. The number of nitro benzene ring substituents is 1. The van der Waals surface area contributed by atoms with Crippen molar-refractivity contribution in [1.82, 2.24) is 0 Å². The van der Waals surface area contributed by atoms with Crippen LogP contribution in [0.3, 0.4) is 0 Å². The van der Waals surface area contributed by atoms with Crippen LogP contribution in [0.25, 0.3) is 0 Å². The Labute approximate surface area is 125 Å². The minimum absolute atomic E-state index is 0.0352. The van der Waals surface area contributed by atoms with Gasteiger partial charge < -0.3 is 4.90 Å². The fourth-order valence-electron chi connectivity index (χ4n) is 2.82. The van der Waals surface area contributed by atoms with Gasteiger partial charge in [0.05, 0.1) is 10.6 Å². The van der Waals surface area contributed by atoms with E-state index in [-0.39, 0.29) is 17.0 Å². The Hall–Kier alpha value is -1.91. The normalized spacial score (nSPS) is 17.6. The van der Waals surface area contributed by atoms with Crippen molar-refractivity contribution in [2.75, 3.05) is 11.4 Å². The van der Waals surface area contributed by atoms with E-state index < -0.39 is 4.92 Å². The number of fused-ring (bicyclic) bond motifs is 1. The van der Waals surface area contributed by atoms with E-state index in [9.17, 15) is 14.9 Å². The Morgan fingerprint density at radius 3 is 2.62 bits per heavy atom. The van der Waals surface area contributed by atoms with Crippen LogP contribution in [0.2, 0.25) is 0 Å². The zero-order chi connectivity index (χ0) is 15.8. The molecule has 0 atom stereocenters. The topological polar surface area (TPSA) is 63.5 Å². The first-order valence-corrected chi connectivity index (χ1v) is 7.31. The molecule has 1 aliphatic rings. The number of nitrogens with zero attached hydrogens (tertiary/aromatic N) is 2. The summed E-state index contributed by atoms with van der Waals surface area (Å²) in [4.78, 5) is 24.8. The SMILES string of the molecule is CC(C)CN1C(=O)CCC(C)(C)c2ccc([N+](=O)[O-])cc21. The molecule has 5 heteroatoms. The van der Waals surface area contributed by atoms with Crippen LogP contribution in [-0.2, 0) is 10.2 Å². The number of benzene rings is 1. The Kier molecular flexibility index (Phi) is 4.03. The number of hydrogen-bond donors (Lipinski definition) is 0. The molecule has 0 aliphatic carbocycles. The Morgan fingerprint density at radius 1 is 1.38 bits per heavy atom. The molecular weight excluding hydrogens is 268 g/mol. The minimum Gasteiger partial charge on any atom is -0.312 e. The van der Waals surface area contributed by atoms with Crippen molar-refractivity contribution in [2.24, 2.45) is 5.92 Å². The molecule has 21 heavy (non-hydrogen) atoms. The standard InChI is InChI=1S/C16H22N2O3/c1-11(2)10-17-14-9-12(18(20)21)5-6-13(14)16(3,4)8-7-15(17)19/h5-6,9,11H,7-8,10H2,1-4H3. The molecule has 0 unspecified atom stereocenters. The van der Waals surface area contributed by atoms with Crippen molar-refractivity contribution in [1.29, 1.82) is 0 Å². The summed E-state index contributed by atoms with van der Waals surface area (Å²) in [6.07, 6.45) is 1.23. The lowest BCUT2D eigenvalue weighted by Gasteiger charge is -2.28. The molecule has 0 bridgehead atoms. The van der Waals surface area contributed by atoms with E-state index in [0.29, 0.717) is 24.6 Å². The van der Waals surface area contributed by atoms with Crippen LogP contribution in [0.5, 0.6) is 0 Å². The number of anilines is 1. The molecule has 114 valence electrons. The molecule has 0 saturated heterocycles. The van der Waals surface area contributed by atoms with Crippen molar-refractivity contribution < 1.29 is 9.72 Å². The van der Waals surface area contributed by atoms with Crippen LogP contribution in [0.4, 0.5) is 11.4 Å². The summed E-state index contributed by atoms with van der Waals surface area (Å²) in [5.41, 5.74) is 1.59. The number of carbonyl (C=O) groups excluding carboxylic acids is 1. The number of non-ortho nitro benzene ring substituents is 1. The first-order valence-electron chi connectivity index (χ1n) is 7.31. The number of carbonyl (C=O) groups is 1. The van der Waals surface area contributed by atoms with Crippen LogP contribution in [0.15, 0.2) is 18.2 Å². The van der Waals surface area contributed by atoms with E-state index in [0.717, 1.165) is 12.0 Å². The predicted molar refractivity (Wildman–Crippen MR) is 82.5 cm³/mol. The lowest BCUT2D eigenvalue weighted by molar-refractivity contribution is -0.384. The fourth-order valence-corrected chi connectivity index (χ4v) is 2.82. The fraction of sp³-hybridized carbons (Fsp3) is 0.562. The molecule has 2 rings (SSSR count). The second-order valence-electron chi connectivity index (χ2n) is 6.74. The average molecular weight is 290 g/mol. The maximum atomic E-state index is 12.4. The smallest absolute Gasteiger partial charge is 0.271 e. The lowest BCUT2D eigenvalue weighted by atomic mass is 9.80. The van der Waals surface area contributed by atoms with Crippen LogP contribution in [-0.4, -0.2) is 17.4 Å². The maximum absolute atomic E-state index is 12.4. The van der Waals surface area contributed by atoms with Crippen molar-refractivity contribution in [3.8, 4) is 0 Å². The zero-order valence-corrected chi connectivity index (χ0v) is 13.0. The largest absolute Gasteiger partial charge is 0.312 e. The number of nitro groups is 1. The summed E-state index contributed by atoms with van der Waals surface area (Å²) in [5, 5.41) is 11.0. The summed E-state index contributed by atoms with van der Waals surface area (Å²) in [7, 11) is 0. The van der Waals surface area contributed by atoms with Crippen molar-refractivity contribution in [3.05, 3.63) is 33.9 Å². The molecule has 1 amide bonds. The molecule has 0 saturated carbocycles. The zero-order valence-electron chi connectivity index (χ0n) is 13.0. The summed E-state index contributed by atoms with van der Waals surface area (Å²) in [6, 6.07) is 4.88. The molecular formula is C16H22N2O3. The van der Waals surface area contributed by atoms with Gasteiger partial charge in [-0.1, -0.05) is 27.7 Å².